The van der Waals surface area contributed by atoms with Crippen LogP contribution in [-0.2, 0) is 0 Å². The first kappa shape index (κ1) is 16.5. The van der Waals surface area contributed by atoms with E-state index in [1.165, 1.54) is 10.9 Å². The molecule has 4 rings (SSSR count). The van der Waals surface area contributed by atoms with Crippen molar-refractivity contribution < 1.29 is 8.87 Å². The van der Waals surface area contributed by atoms with Gasteiger partial charge >= 0.3 is 0 Å². The maximum absolute atomic E-state index is 14.4. The first-order valence-electron chi connectivity index (χ1n) is 8.69. The van der Waals surface area contributed by atoms with E-state index in [1.807, 2.05) is 12.1 Å². The molecule has 3 heterocycles. The number of halogens is 1. The van der Waals surface area contributed by atoms with Gasteiger partial charge < -0.3 is 14.7 Å². The van der Waals surface area contributed by atoms with Gasteiger partial charge in [0, 0.05) is 16.0 Å². The van der Waals surface area contributed by atoms with E-state index < -0.39 is 0 Å². The Morgan fingerprint density at radius 1 is 1.20 bits per heavy atom. The van der Waals surface area contributed by atoms with E-state index in [9.17, 15) is 4.39 Å². The lowest BCUT2D eigenvalue weighted by atomic mass is 9.99. The third-order valence-electron chi connectivity index (χ3n) is 5.11. The number of aliphatic imine (C=N–C) groups is 1. The molecular weight excluding hydrogens is 335 g/mol. The third-order valence-corrected chi connectivity index (χ3v) is 6.09. The van der Waals surface area contributed by atoms with Gasteiger partial charge in [0.05, 0.1) is 40.3 Å². The molecule has 132 valence electrons. The highest BCUT2D eigenvalue weighted by Crippen LogP contribution is 2.41. The fourth-order valence-electron chi connectivity index (χ4n) is 3.47. The first-order chi connectivity index (χ1) is 11.9. The number of anilines is 1. The summed E-state index contributed by atoms with van der Waals surface area (Å²) in [6.07, 6.45) is 0. The number of nitrogens with zero attached hydrogens (tertiary/aromatic N) is 3. The molecule has 0 radical (unpaired) electrons. The summed E-state index contributed by atoms with van der Waals surface area (Å²) in [4.78, 5) is 8.45. The van der Waals surface area contributed by atoms with E-state index in [0.717, 1.165) is 47.2 Å². The number of aryl methyl sites for hydroxylation is 1. The molecule has 1 fully saturated rings. The van der Waals surface area contributed by atoms with E-state index in [2.05, 4.69) is 37.3 Å². The molecule has 2 aliphatic rings. The largest absolute Gasteiger partial charge is 0.331 e. The summed E-state index contributed by atoms with van der Waals surface area (Å²) in [5, 5.41) is 4.59. The summed E-state index contributed by atoms with van der Waals surface area (Å²) in [5.74, 6) is 0.686. The van der Waals surface area contributed by atoms with Crippen molar-refractivity contribution in [1.82, 2.24) is 4.90 Å². The van der Waals surface area contributed by atoms with Crippen molar-refractivity contribution in [3.05, 3.63) is 52.2 Å². The van der Waals surface area contributed by atoms with Crippen LogP contribution in [0, 0.1) is 12.7 Å². The lowest BCUT2D eigenvalue weighted by Gasteiger charge is -2.41. The zero-order chi connectivity index (χ0) is 17.6. The Kier molecular flexibility index (Phi) is 4.04. The van der Waals surface area contributed by atoms with Crippen LogP contribution < -0.4 is 5.32 Å². The van der Waals surface area contributed by atoms with Crippen LogP contribution >= 0.6 is 11.3 Å². The summed E-state index contributed by atoms with van der Waals surface area (Å²) < 4.78 is 15.5. The van der Waals surface area contributed by atoms with E-state index in [0.29, 0.717) is 5.56 Å². The van der Waals surface area contributed by atoms with Gasteiger partial charge in [-0.05, 0) is 19.1 Å². The van der Waals surface area contributed by atoms with E-state index >= 15 is 0 Å². The molecule has 2 aromatic rings. The fourth-order valence-corrected chi connectivity index (χ4v) is 4.41. The van der Waals surface area contributed by atoms with Gasteiger partial charge in [-0.15, -0.1) is 11.3 Å². The molecule has 25 heavy (non-hydrogen) atoms. The normalized spacial score (nSPS) is 22.2. The molecule has 2 aliphatic heterocycles. The molecule has 1 N–H and O–H groups in total. The molecule has 0 aliphatic carbocycles. The first-order valence-corrected chi connectivity index (χ1v) is 9.51. The highest BCUT2D eigenvalue weighted by molar-refractivity contribution is 7.16. The topological polar surface area (TPSA) is 27.6 Å². The number of likely N-dealkylation sites (N-methyl/N-ethyl adjacent to an activating group) is 1. The van der Waals surface area contributed by atoms with Crippen LogP contribution in [0.2, 0.25) is 0 Å². The second kappa shape index (κ2) is 6.11. The Morgan fingerprint density at radius 3 is 2.64 bits per heavy atom. The molecule has 6 heteroatoms. The summed E-state index contributed by atoms with van der Waals surface area (Å²) in [6.45, 7) is 6.18. The van der Waals surface area contributed by atoms with Crippen molar-refractivity contribution in [3.8, 4) is 0 Å². The van der Waals surface area contributed by atoms with Gasteiger partial charge in [0.25, 0.3) is 0 Å². The molecule has 0 bridgehead atoms. The molecular formula is C19H24FN4S+. The Balaban J connectivity index is 1.71. The number of hydrogen-bond donors (Lipinski definition) is 1. The van der Waals surface area contributed by atoms with Crippen LogP contribution in [0.4, 0.5) is 9.39 Å². The van der Waals surface area contributed by atoms with Gasteiger partial charge in [0.2, 0.25) is 0 Å². The fraction of sp³-hybridized carbons (Fsp3) is 0.421. The Hall–Kier alpha value is -1.92. The lowest BCUT2D eigenvalue weighted by Crippen LogP contribution is -2.57. The zero-order valence-electron chi connectivity index (χ0n) is 14.9. The Morgan fingerprint density at radius 2 is 1.92 bits per heavy atom. The molecule has 0 saturated carbocycles. The van der Waals surface area contributed by atoms with Gasteiger partial charge in [0.1, 0.15) is 16.9 Å². The van der Waals surface area contributed by atoms with Crippen LogP contribution in [-0.4, -0.2) is 55.6 Å². The van der Waals surface area contributed by atoms with Gasteiger partial charge in [-0.2, -0.15) is 0 Å². The van der Waals surface area contributed by atoms with E-state index in [4.69, 9.17) is 4.99 Å². The summed E-state index contributed by atoms with van der Waals surface area (Å²) >= 11 is 1.72. The predicted octanol–water partition coefficient (Wildman–Crippen LogP) is 3.46. The summed E-state index contributed by atoms with van der Waals surface area (Å²) in [6, 6.07) is 8.83. The minimum absolute atomic E-state index is 0.191. The number of fused-ring (bicyclic) bond motifs is 1. The molecule has 0 amide bonds. The van der Waals surface area contributed by atoms with Gasteiger partial charge in [-0.1, -0.05) is 18.2 Å². The van der Waals surface area contributed by atoms with E-state index in [-0.39, 0.29) is 11.9 Å². The van der Waals surface area contributed by atoms with Crippen molar-refractivity contribution in [3.63, 3.8) is 0 Å². The molecule has 0 spiro atoms. The number of hydrogen-bond acceptors (Lipinski definition) is 4. The predicted molar refractivity (Wildman–Crippen MR) is 102 cm³/mol. The molecule has 1 saturated heterocycles. The molecule has 4 nitrogen and oxygen atoms in total. The molecule has 1 unspecified atom stereocenters. The van der Waals surface area contributed by atoms with Gasteiger partial charge in [0.15, 0.2) is 5.96 Å². The van der Waals surface area contributed by atoms with Crippen LogP contribution in [0.1, 0.15) is 22.0 Å². The van der Waals surface area contributed by atoms with Crippen molar-refractivity contribution in [1.29, 1.82) is 0 Å². The maximum atomic E-state index is 14.4. The van der Waals surface area contributed by atoms with E-state index in [1.54, 1.807) is 17.4 Å². The summed E-state index contributed by atoms with van der Waals surface area (Å²) in [7, 11) is 4.52. The average Bonchev–Trinajstić information content (AvgIpc) is 2.95. The summed E-state index contributed by atoms with van der Waals surface area (Å²) in [5.41, 5.74) is 1.72. The minimum Gasteiger partial charge on any atom is -0.331 e. The van der Waals surface area contributed by atoms with Crippen molar-refractivity contribution >= 4 is 22.3 Å². The lowest BCUT2D eigenvalue weighted by molar-refractivity contribution is -0.894. The number of guanidine groups is 1. The smallest absolute Gasteiger partial charge is 0.200 e. The van der Waals surface area contributed by atoms with Crippen LogP contribution in [0.5, 0.6) is 0 Å². The SMILES string of the molecule is Cc1cc2c(s1)NC(N1CC[N+](C)(C)CC1)=NC2c1ccccc1F. The van der Waals surface area contributed by atoms with Crippen molar-refractivity contribution in [2.75, 3.05) is 45.6 Å². The third kappa shape index (κ3) is 3.16. The maximum Gasteiger partial charge on any atom is 0.200 e. The molecule has 1 aromatic carbocycles. The van der Waals surface area contributed by atoms with Gasteiger partial charge in [-0.3, -0.25) is 0 Å². The molecule has 1 atom stereocenters. The Bertz CT molecular complexity index is 817. The standard InChI is InChI=1S/C19H24FN4S/c1-13-12-15-17(14-6-4-5-7-16(14)20)21-19(22-18(15)25-13)23-8-10-24(2,3)11-9-23/h4-7,12,17H,8-11H2,1-3H3,(H,21,22)/q+1. The highest BCUT2D eigenvalue weighted by Gasteiger charge is 2.32. The zero-order valence-corrected chi connectivity index (χ0v) is 15.7. The van der Waals surface area contributed by atoms with Crippen LogP contribution in [0.25, 0.3) is 0 Å². The number of rotatable bonds is 1. The number of thiophene rings is 1. The quantitative estimate of drug-likeness (QED) is 0.790. The van der Waals surface area contributed by atoms with Crippen LogP contribution in [0.3, 0.4) is 0 Å². The number of nitrogens with one attached hydrogen (secondary N) is 1. The highest BCUT2D eigenvalue weighted by atomic mass is 32.1. The number of piperazine rings is 1. The van der Waals surface area contributed by atoms with Gasteiger partial charge in [-0.25, -0.2) is 9.38 Å². The number of benzene rings is 1. The second-order valence-electron chi connectivity index (χ2n) is 7.51. The Labute approximate surface area is 152 Å². The molecule has 1 aromatic heterocycles. The average molecular weight is 359 g/mol. The second-order valence-corrected chi connectivity index (χ2v) is 8.77. The van der Waals surface area contributed by atoms with Crippen molar-refractivity contribution in [2.24, 2.45) is 4.99 Å². The van der Waals surface area contributed by atoms with Crippen LogP contribution in [0.15, 0.2) is 35.3 Å². The number of quaternary nitrogens is 1. The monoisotopic (exact) mass is 359 g/mol. The van der Waals surface area contributed by atoms with Crippen molar-refractivity contribution in [2.45, 2.75) is 13.0 Å². The minimum atomic E-state index is -0.276.